The number of hydrogen-bond acceptors (Lipinski definition) is 3. The first-order chi connectivity index (χ1) is 11.8. The van der Waals surface area contributed by atoms with Gasteiger partial charge in [-0.2, -0.15) is 13.2 Å². The van der Waals surface area contributed by atoms with Gasteiger partial charge in [0.2, 0.25) is 5.60 Å². The molecule has 2 N–H and O–H groups in total. The summed E-state index contributed by atoms with van der Waals surface area (Å²) in [5, 5.41) is 12.6. The monoisotopic (exact) mass is 389 g/mol. The Balaban J connectivity index is 2.47. The van der Waals surface area contributed by atoms with Crippen LogP contribution in [0.4, 0.5) is 23.7 Å². The fraction of sp³-hybridized carbons (Fsp3) is 0.500. The first kappa shape index (κ1) is 20.4. The van der Waals surface area contributed by atoms with E-state index in [2.05, 4.69) is 11.2 Å². The minimum absolute atomic E-state index is 0.0364. The third kappa shape index (κ3) is 5.05. The van der Waals surface area contributed by atoms with Crippen LogP contribution in [0.1, 0.15) is 39.2 Å². The van der Waals surface area contributed by atoms with Gasteiger partial charge in [0.05, 0.1) is 5.69 Å². The van der Waals surface area contributed by atoms with Crippen molar-refractivity contribution in [2.75, 3.05) is 5.32 Å². The zero-order chi connectivity index (χ0) is 19.8. The van der Waals surface area contributed by atoms with Crippen LogP contribution >= 0.6 is 11.6 Å². The predicted octanol–water partition coefficient (Wildman–Crippen LogP) is 4.85. The Kier molecular flexibility index (Phi) is 5.50. The van der Waals surface area contributed by atoms with Gasteiger partial charge in [0.1, 0.15) is 5.60 Å². The molecule has 26 heavy (non-hydrogen) atoms. The average molecular weight is 390 g/mol. The summed E-state index contributed by atoms with van der Waals surface area (Å²) in [5.74, 6) is 4.20. The summed E-state index contributed by atoms with van der Waals surface area (Å²) in [6, 6.07) is 3.39. The van der Waals surface area contributed by atoms with E-state index in [4.69, 9.17) is 16.3 Å². The van der Waals surface area contributed by atoms with E-state index in [1.165, 1.54) is 6.07 Å². The normalized spacial score (nSPS) is 16.9. The lowest BCUT2D eigenvalue weighted by atomic mass is 9.91. The number of anilines is 1. The lowest BCUT2D eigenvalue weighted by Crippen LogP contribution is -2.42. The zero-order valence-electron chi connectivity index (χ0n) is 14.5. The van der Waals surface area contributed by atoms with Gasteiger partial charge in [0, 0.05) is 16.5 Å². The smallest absolute Gasteiger partial charge is 0.433 e. The molecule has 4 nitrogen and oxygen atoms in total. The van der Waals surface area contributed by atoms with Crippen molar-refractivity contribution in [1.29, 1.82) is 0 Å². The van der Waals surface area contributed by atoms with Gasteiger partial charge in [-0.05, 0) is 51.8 Å². The van der Waals surface area contributed by atoms with Crippen molar-refractivity contribution in [1.82, 2.24) is 0 Å². The Hall–Kier alpha value is -1.91. The lowest BCUT2D eigenvalue weighted by Gasteiger charge is -2.28. The van der Waals surface area contributed by atoms with Crippen LogP contribution in [0.15, 0.2) is 18.2 Å². The number of nitrogens with one attached hydrogen (secondary N) is 1. The first-order valence-corrected chi connectivity index (χ1v) is 8.31. The fourth-order valence-electron chi connectivity index (χ4n) is 2.06. The maximum absolute atomic E-state index is 13.6. The van der Waals surface area contributed by atoms with Gasteiger partial charge < -0.3 is 9.84 Å². The number of aliphatic hydroxyl groups is 1. The van der Waals surface area contributed by atoms with Crippen LogP contribution < -0.4 is 5.32 Å². The van der Waals surface area contributed by atoms with Crippen molar-refractivity contribution in [3.8, 4) is 11.8 Å². The summed E-state index contributed by atoms with van der Waals surface area (Å²) < 4.78 is 46.0. The summed E-state index contributed by atoms with van der Waals surface area (Å²) in [7, 11) is 0. The molecule has 1 saturated carbocycles. The summed E-state index contributed by atoms with van der Waals surface area (Å²) in [6.45, 7) is 4.84. The molecule has 0 aliphatic heterocycles. The minimum atomic E-state index is -5.09. The molecule has 0 heterocycles. The van der Waals surface area contributed by atoms with Gasteiger partial charge in [0.25, 0.3) is 0 Å². The molecule has 1 aliphatic rings. The number of alkyl halides is 3. The molecule has 2 rings (SSSR count). The molecule has 1 aliphatic carbocycles. The molecule has 0 saturated heterocycles. The summed E-state index contributed by atoms with van der Waals surface area (Å²) in [6.07, 6.45) is -4.66. The summed E-state index contributed by atoms with van der Waals surface area (Å²) in [4.78, 5) is 12.0. The van der Waals surface area contributed by atoms with Crippen LogP contribution in [0, 0.1) is 17.8 Å². The van der Waals surface area contributed by atoms with E-state index < -0.39 is 29.0 Å². The molecule has 0 spiro atoms. The topological polar surface area (TPSA) is 58.6 Å². The Morgan fingerprint density at radius 1 is 1.31 bits per heavy atom. The van der Waals surface area contributed by atoms with Crippen LogP contribution in [0.25, 0.3) is 0 Å². The quantitative estimate of drug-likeness (QED) is 0.711. The van der Waals surface area contributed by atoms with Gasteiger partial charge >= 0.3 is 12.3 Å². The van der Waals surface area contributed by atoms with Crippen molar-refractivity contribution in [2.45, 2.75) is 51.0 Å². The van der Waals surface area contributed by atoms with Crippen LogP contribution in [-0.4, -0.2) is 23.0 Å². The van der Waals surface area contributed by atoms with Crippen LogP contribution in [0.2, 0.25) is 5.02 Å². The highest BCUT2D eigenvalue weighted by atomic mass is 35.5. The number of carbonyl (C=O) groups is 1. The molecule has 1 unspecified atom stereocenters. The van der Waals surface area contributed by atoms with Crippen LogP contribution in [-0.2, 0) is 10.3 Å². The Labute approximate surface area is 154 Å². The molecule has 0 aromatic heterocycles. The van der Waals surface area contributed by atoms with Crippen molar-refractivity contribution < 1.29 is 27.8 Å². The largest absolute Gasteiger partial charge is 0.444 e. The van der Waals surface area contributed by atoms with Crippen molar-refractivity contribution in [2.24, 2.45) is 5.92 Å². The summed E-state index contributed by atoms with van der Waals surface area (Å²) >= 11 is 5.82. The molecule has 1 aromatic rings. The third-order valence-corrected chi connectivity index (χ3v) is 3.69. The molecular weight excluding hydrogens is 371 g/mol. The lowest BCUT2D eigenvalue weighted by molar-refractivity contribution is -0.240. The molecule has 0 bridgehead atoms. The number of rotatable bonds is 2. The van der Waals surface area contributed by atoms with E-state index in [-0.39, 0.29) is 16.6 Å². The standard InChI is InChI=1S/C18H19ClF3NO3/c1-16(2,3)26-15(24)23-14-7-6-12(19)10-13(14)17(25,18(20,21)22)9-8-11-4-5-11/h6-7,10-11,25H,4-5H2,1-3H3,(H,23,24). The Morgan fingerprint density at radius 2 is 1.92 bits per heavy atom. The molecule has 8 heteroatoms. The van der Waals surface area contributed by atoms with E-state index >= 15 is 0 Å². The Bertz CT molecular complexity index is 758. The van der Waals surface area contributed by atoms with E-state index in [9.17, 15) is 23.1 Å². The van der Waals surface area contributed by atoms with Gasteiger partial charge in [-0.15, -0.1) is 0 Å². The van der Waals surface area contributed by atoms with E-state index in [0.29, 0.717) is 12.8 Å². The van der Waals surface area contributed by atoms with Gasteiger partial charge in [-0.25, -0.2) is 4.79 Å². The second-order valence-corrected chi connectivity index (χ2v) is 7.51. The van der Waals surface area contributed by atoms with Crippen molar-refractivity contribution >= 4 is 23.4 Å². The van der Waals surface area contributed by atoms with Crippen LogP contribution in [0.3, 0.4) is 0 Å². The molecule has 1 fully saturated rings. The maximum Gasteiger partial charge on any atom is 0.433 e. The molecule has 1 amide bonds. The second kappa shape index (κ2) is 7.01. The SMILES string of the molecule is CC(C)(C)OC(=O)Nc1ccc(Cl)cc1C(O)(C#CC1CC1)C(F)(F)F. The summed E-state index contributed by atoms with van der Waals surface area (Å²) in [5.41, 5.74) is -5.25. The van der Waals surface area contributed by atoms with Crippen molar-refractivity contribution in [3.63, 3.8) is 0 Å². The number of halogens is 4. The highest BCUT2D eigenvalue weighted by molar-refractivity contribution is 6.30. The maximum atomic E-state index is 13.6. The predicted molar refractivity (Wildman–Crippen MR) is 91.8 cm³/mol. The second-order valence-electron chi connectivity index (χ2n) is 7.07. The van der Waals surface area contributed by atoms with Gasteiger partial charge in [-0.3, -0.25) is 5.32 Å². The minimum Gasteiger partial charge on any atom is -0.444 e. The molecule has 1 atom stereocenters. The number of benzene rings is 1. The molecule has 1 aromatic carbocycles. The average Bonchev–Trinajstić information content (AvgIpc) is 3.27. The van der Waals surface area contributed by atoms with Crippen molar-refractivity contribution in [3.05, 3.63) is 28.8 Å². The van der Waals surface area contributed by atoms with Crippen LogP contribution in [0.5, 0.6) is 0 Å². The number of carbonyl (C=O) groups excluding carboxylic acids is 1. The highest BCUT2D eigenvalue weighted by Crippen LogP contribution is 2.43. The van der Waals surface area contributed by atoms with E-state index in [0.717, 1.165) is 12.1 Å². The highest BCUT2D eigenvalue weighted by Gasteiger charge is 2.55. The van der Waals surface area contributed by atoms with Gasteiger partial charge in [0.15, 0.2) is 0 Å². The first-order valence-electron chi connectivity index (χ1n) is 7.94. The zero-order valence-corrected chi connectivity index (χ0v) is 15.3. The number of hydrogen-bond donors (Lipinski definition) is 2. The molecular formula is C18H19ClF3NO3. The Morgan fingerprint density at radius 3 is 2.42 bits per heavy atom. The van der Waals surface area contributed by atoms with E-state index in [1.807, 2.05) is 5.92 Å². The number of ether oxygens (including phenoxy) is 1. The van der Waals surface area contributed by atoms with Gasteiger partial charge in [-0.1, -0.05) is 23.4 Å². The fourth-order valence-corrected chi connectivity index (χ4v) is 2.24. The van der Waals surface area contributed by atoms with E-state index in [1.54, 1.807) is 20.8 Å². The molecule has 142 valence electrons. The molecule has 0 radical (unpaired) electrons. The number of amides is 1. The third-order valence-electron chi connectivity index (χ3n) is 3.45.